The first-order valence-electron chi connectivity index (χ1n) is 5.17. The van der Waals surface area contributed by atoms with Crippen molar-refractivity contribution in [1.82, 2.24) is 0 Å². The molecule has 92 valence electrons. The van der Waals surface area contributed by atoms with Crippen molar-refractivity contribution < 1.29 is 14.6 Å². The molecule has 6 nitrogen and oxygen atoms in total. The molecule has 0 aliphatic rings. The maximum Gasteiger partial charge on any atom is 0.341 e. The molecule has 6 heteroatoms. The van der Waals surface area contributed by atoms with Gasteiger partial charge in [-0.15, -0.1) is 0 Å². The monoisotopic (exact) mass is 245 g/mol. The summed E-state index contributed by atoms with van der Waals surface area (Å²) in [5.74, 6) is 5.05. The van der Waals surface area contributed by atoms with Crippen molar-refractivity contribution in [3.05, 3.63) is 40.3 Å². The van der Waals surface area contributed by atoms with Crippen LogP contribution in [0.4, 0.5) is 0 Å². The van der Waals surface area contributed by atoms with Crippen LogP contribution >= 0.6 is 0 Å². The van der Waals surface area contributed by atoms with Gasteiger partial charge in [-0.2, -0.15) is 0 Å². The molecule has 1 rings (SSSR count). The van der Waals surface area contributed by atoms with Crippen molar-refractivity contribution in [2.24, 2.45) is 5.11 Å². The van der Waals surface area contributed by atoms with Gasteiger partial charge in [0.1, 0.15) is 5.75 Å². The SMILES string of the molecule is [N-]=[N+]=NCCC#Cc1ccccc1OCC(=O)O. The molecule has 0 spiro atoms. The van der Waals surface area contributed by atoms with E-state index in [9.17, 15) is 4.79 Å². The number of aliphatic carboxylic acids is 1. The molecular formula is C12H11N3O3. The lowest BCUT2D eigenvalue weighted by molar-refractivity contribution is -0.139. The number of carboxylic acids is 1. The van der Waals surface area contributed by atoms with E-state index in [1.54, 1.807) is 24.3 Å². The van der Waals surface area contributed by atoms with Gasteiger partial charge in [-0.25, -0.2) is 4.79 Å². The lowest BCUT2D eigenvalue weighted by Gasteiger charge is -2.04. The van der Waals surface area contributed by atoms with E-state index >= 15 is 0 Å². The van der Waals surface area contributed by atoms with Gasteiger partial charge in [-0.1, -0.05) is 29.1 Å². The summed E-state index contributed by atoms with van der Waals surface area (Å²) in [5, 5.41) is 11.9. The van der Waals surface area contributed by atoms with E-state index < -0.39 is 12.6 Å². The molecule has 0 aromatic heterocycles. The van der Waals surface area contributed by atoms with E-state index in [0.717, 1.165) is 0 Å². The number of azide groups is 1. The molecule has 0 saturated carbocycles. The van der Waals surface area contributed by atoms with Crippen LogP contribution in [0.25, 0.3) is 10.4 Å². The molecule has 18 heavy (non-hydrogen) atoms. The standard InChI is InChI=1S/C12H11N3O3/c13-15-14-8-4-3-6-10-5-1-2-7-11(10)18-9-12(16)17/h1-2,5,7H,4,8-9H2,(H,16,17). The summed E-state index contributed by atoms with van der Waals surface area (Å²) in [7, 11) is 0. The van der Waals surface area contributed by atoms with Gasteiger partial charge >= 0.3 is 5.97 Å². The molecule has 0 bridgehead atoms. The Balaban J connectivity index is 2.69. The lowest BCUT2D eigenvalue weighted by Crippen LogP contribution is -2.10. The van der Waals surface area contributed by atoms with E-state index in [4.69, 9.17) is 15.4 Å². The minimum atomic E-state index is -1.04. The predicted molar refractivity (Wildman–Crippen MR) is 65.1 cm³/mol. The highest BCUT2D eigenvalue weighted by Gasteiger charge is 2.02. The van der Waals surface area contributed by atoms with Gasteiger partial charge in [-0.3, -0.25) is 0 Å². The number of para-hydroxylation sites is 1. The molecule has 0 heterocycles. The first kappa shape index (κ1) is 13.4. The normalized spacial score (nSPS) is 8.67. The molecule has 1 aromatic rings. The Morgan fingerprint density at radius 2 is 2.28 bits per heavy atom. The summed E-state index contributed by atoms with van der Waals surface area (Å²) >= 11 is 0. The second-order valence-corrected chi connectivity index (χ2v) is 3.18. The van der Waals surface area contributed by atoms with Crippen LogP contribution in [0.1, 0.15) is 12.0 Å². The minimum absolute atomic E-state index is 0.307. The third kappa shape index (κ3) is 4.92. The number of hydrogen-bond donors (Lipinski definition) is 1. The summed E-state index contributed by atoms with van der Waals surface area (Å²) < 4.78 is 5.09. The average molecular weight is 245 g/mol. The number of hydrogen-bond acceptors (Lipinski definition) is 3. The Morgan fingerprint density at radius 3 is 3.00 bits per heavy atom. The van der Waals surface area contributed by atoms with E-state index in [0.29, 0.717) is 24.3 Å². The molecule has 0 aliphatic heterocycles. The number of carbonyl (C=O) groups is 1. The van der Waals surface area contributed by atoms with E-state index in [-0.39, 0.29) is 0 Å². The van der Waals surface area contributed by atoms with Gasteiger partial charge in [0.05, 0.1) is 5.56 Å². The highest BCUT2D eigenvalue weighted by atomic mass is 16.5. The summed E-state index contributed by atoms with van der Waals surface area (Å²) in [6.07, 6.45) is 0.442. The predicted octanol–water partition coefficient (Wildman–Crippen LogP) is 2.20. The fourth-order valence-corrected chi connectivity index (χ4v) is 1.14. The van der Waals surface area contributed by atoms with Gasteiger partial charge in [-0.05, 0) is 17.7 Å². The van der Waals surface area contributed by atoms with Crippen LogP contribution in [0.3, 0.4) is 0 Å². The maximum absolute atomic E-state index is 10.4. The highest BCUT2D eigenvalue weighted by molar-refractivity contribution is 5.68. The lowest BCUT2D eigenvalue weighted by atomic mass is 10.2. The Hall–Kier alpha value is -2.64. The third-order valence-corrected chi connectivity index (χ3v) is 1.86. The summed E-state index contributed by atoms with van der Waals surface area (Å²) in [6, 6.07) is 6.91. The van der Waals surface area contributed by atoms with Crippen LogP contribution in [0.5, 0.6) is 5.75 Å². The fourth-order valence-electron chi connectivity index (χ4n) is 1.14. The topological polar surface area (TPSA) is 95.3 Å². The van der Waals surface area contributed by atoms with Crippen molar-refractivity contribution in [3.63, 3.8) is 0 Å². The first-order chi connectivity index (χ1) is 8.74. The largest absolute Gasteiger partial charge is 0.481 e. The molecule has 0 atom stereocenters. The summed E-state index contributed by atoms with van der Waals surface area (Å²) in [4.78, 5) is 13.0. The Morgan fingerprint density at radius 1 is 1.50 bits per heavy atom. The molecular weight excluding hydrogens is 234 g/mol. The Kier molecular flexibility index (Phi) is 5.67. The van der Waals surface area contributed by atoms with Crippen LogP contribution < -0.4 is 4.74 Å². The van der Waals surface area contributed by atoms with E-state index in [1.807, 2.05) is 0 Å². The van der Waals surface area contributed by atoms with E-state index in [2.05, 4.69) is 21.9 Å². The van der Waals surface area contributed by atoms with Gasteiger partial charge < -0.3 is 9.84 Å². The van der Waals surface area contributed by atoms with Crippen molar-refractivity contribution >= 4 is 5.97 Å². The molecule has 1 aromatic carbocycles. The molecule has 0 amide bonds. The van der Waals surface area contributed by atoms with Gasteiger partial charge in [0.15, 0.2) is 6.61 Å². The number of carboxylic acid groups (broad SMARTS) is 1. The zero-order valence-electron chi connectivity index (χ0n) is 9.54. The zero-order chi connectivity index (χ0) is 13.2. The van der Waals surface area contributed by atoms with Crippen LogP contribution in [-0.4, -0.2) is 24.2 Å². The number of ether oxygens (including phenoxy) is 1. The van der Waals surface area contributed by atoms with Crippen LogP contribution in [0.15, 0.2) is 29.4 Å². The smallest absolute Gasteiger partial charge is 0.341 e. The average Bonchev–Trinajstić information content (AvgIpc) is 2.37. The molecule has 0 radical (unpaired) electrons. The van der Waals surface area contributed by atoms with Crippen LogP contribution in [0, 0.1) is 11.8 Å². The van der Waals surface area contributed by atoms with Crippen LogP contribution in [0.2, 0.25) is 0 Å². The van der Waals surface area contributed by atoms with E-state index in [1.165, 1.54) is 0 Å². The summed E-state index contributed by atoms with van der Waals surface area (Å²) in [5.41, 5.74) is 8.69. The molecule has 0 aliphatic carbocycles. The quantitative estimate of drug-likeness (QED) is 0.283. The molecule has 0 saturated heterocycles. The van der Waals surface area contributed by atoms with Crippen molar-refractivity contribution in [2.75, 3.05) is 13.2 Å². The molecule has 0 fully saturated rings. The highest BCUT2D eigenvalue weighted by Crippen LogP contribution is 2.16. The Bertz CT molecular complexity index is 525. The molecule has 1 N–H and O–H groups in total. The zero-order valence-corrected chi connectivity index (χ0v) is 9.54. The van der Waals surface area contributed by atoms with Gasteiger partial charge in [0, 0.05) is 17.9 Å². The second kappa shape index (κ2) is 7.60. The van der Waals surface area contributed by atoms with Crippen molar-refractivity contribution in [2.45, 2.75) is 6.42 Å². The van der Waals surface area contributed by atoms with Gasteiger partial charge in [0.25, 0.3) is 0 Å². The third-order valence-electron chi connectivity index (χ3n) is 1.86. The maximum atomic E-state index is 10.4. The second-order valence-electron chi connectivity index (χ2n) is 3.18. The first-order valence-corrected chi connectivity index (χ1v) is 5.17. The Labute approximate surface area is 104 Å². The number of rotatable bonds is 5. The number of benzene rings is 1. The number of nitrogens with zero attached hydrogens (tertiary/aromatic N) is 3. The summed E-state index contributed by atoms with van der Waals surface area (Å²) in [6.45, 7) is -0.0981. The molecule has 0 unspecified atom stereocenters. The van der Waals surface area contributed by atoms with Crippen LogP contribution in [-0.2, 0) is 4.79 Å². The van der Waals surface area contributed by atoms with Crippen molar-refractivity contribution in [3.8, 4) is 17.6 Å². The van der Waals surface area contributed by atoms with Crippen molar-refractivity contribution in [1.29, 1.82) is 0 Å². The van der Waals surface area contributed by atoms with Gasteiger partial charge in [0.2, 0.25) is 0 Å². The fraction of sp³-hybridized carbons (Fsp3) is 0.250. The minimum Gasteiger partial charge on any atom is -0.481 e.